The van der Waals surface area contributed by atoms with E-state index in [2.05, 4.69) is 4.98 Å². The number of carboxylic acids is 1. The number of hydrogen-bond donors (Lipinski definition) is 1. The van der Waals surface area contributed by atoms with Crippen molar-refractivity contribution < 1.29 is 14.7 Å². The lowest BCUT2D eigenvalue weighted by Crippen LogP contribution is -2.31. The first-order valence-corrected chi connectivity index (χ1v) is 9.24. The number of hydrogen-bond acceptors (Lipinski definition) is 5. The second-order valence-electron chi connectivity index (χ2n) is 6.34. The summed E-state index contributed by atoms with van der Waals surface area (Å²) in [5.74, 6) is -1.12. The number of carbonyl (C=O) groups is 2. The molecule has 2 heterocycles. The average Bonchev–Trinajstić information content (AvgIpc) is 2.98. The summed E-state index contributed by atoms with van der Waals surface area (Å²) in [6, 6.07) is 0. The summed E-state index contributed by atoms with van der Waals surface area (Å²) >= 11 is 1.61. The highest BCUT2D eigenvalue weighted by Crippen LogP contribution is 2.33. The highest BCUT2D eigenvalue weighted by atomic mass is 32.1. The summed E-state index contributed by atoms with van der Waals surface area (Å²) in [6.07, 6.45) is 5.77. The minimum absolute atomic E-state index is 0.0783. The average molecular weight is 363 g/mol. The second-order valence-corrected chi connectivity index (χ2v) is 7.43. The lowest BCUT2D eigenvalue weighted by Gasteiger charge is -2.16. The third kappa shape index (κ3) is 3.73. The van der Waals surface area contributed by atoms with E-state index >= 15 is 0 Å². The fraction of sp³-hybridized carbons (Fsp3) is 0.529. The van der Waals surface area contributed by atoms with Crippen LogP contribution in [0.2, 0.25) is 0 Å². The van der Waals surface area contributed by atoms with E-state index in [1.165, 1.54) is 20.7 Å². The number of rotatable bonds is 6. The molecule has 2 aromatic heterocycles. The van der Waals surface area contributed by atoms with E-state index in [4.69, 9.17) is 5.11 Å². The Balaban J connectivity index is 1.74. The van der Waals surface area contributed by atoms with Gasteiger partial charge in [-0.15, -0.1) is 11.3 Å². The fourth-order valence-corrected chi connectivity index (χ4v) is 4.35. The largest absolute Gasteiger partial charge is 0.481 e. The first kappa shape index (κ1) is 17.6. The van der Waals surface area contributed by atoms with Crippen LogP contribution in [0.4, 0.5) is 0 Å². The van der Waals surface area contributed by atoms with Crippen molar-refractivity contribution in [3.05, 3.63) is 27.1 Å². The molecule has 25 heavy (non-hydrogen) atoms. The first-order chi connectivity index (χ1) is 12.0. The number of thiophene rings is 1. The van der Waals surface area contributed by atoms with Crippen molar-refractivity contribution in [2.24, 2.45) is 0 Å². The Kier molecular flexibility index (Phi) is 5.17. The maximum absolute atomic E-state index is 12.8. The summed E-state index contributed by atoms with van der Waals surface area (Å²) in [6.45, 7) is 0.418. The van der Waals surface area contributed by atoms with Crippen molar-refractivity contribution in [3.8, 4) is 0 Å². The molecule has 2 aromatic rings. The number of aryl methyl sites for hydroxylation is 3. The maximum atomic E-state index is 12.8. The van der Waals surface area contributed by atoms with Crippen LogP contribution in [-0.2, 0) is 29.0 Å². The lowest BCUT2D eigenvalue weighted by molar-refractivity contribution is -0.138. The second kappa shape index (κ2) is 7.35. The summed E-state index contributed by atoms with van der Waals surface area (Å²) in [7, 11) is 1.57. The molecular formula is C17H21N3O4S. The summed E-state index contributed by atoms with van der Waals surface area (Å²) in [5, 5.41) is 9.39. The van der Waals surface area contributed by atoms with E-state index in [1.807, 2.05) is 0 Å². The SMILES string of the molecule is CN(CCC(=O)O)C(=O)CCn1cnc2sc3c(c2c1=O)CCCC3. The van der Waals surface area contributed by atoms with Gasteiger partial charge in [0.15, 0.2) is 0 Å². The van der Waals surface area contributed by atoms with Crippen LogP contribution < -0.4 is 5.56 Å². The van der Waals surface area contributed by atoms with Crippen molar-refractivity contribution in [3.63, 3.8) is 0 Å². The van der Waals surface area contributed by atoms with Gasteiger partial charge < -0.3 is 10.0 Å². The number of carboxylic acid groups (broad SMARTS) is 1. The Morgan fingerprint density at radius 1 is 1.32 bits per heavy atom. The normalized spacial score (nSPS) is 13.6. The van der Waals surface area contributed by atoms with Gasteiger partial charge in [-0.1, -0.05) is 0 Å². The molecule has 0 bridgehead atoms. The number of nitrogens with zero attached hydrogens (tertiary/aromatic N) is 3. The lowest BCUT2D eigenvalue weighted by atomic mass is 9.97. The van der Waals surface area contributed by atoms with Crippen LogP contribution in [0.1, 0.15) is 36.1 Å². The molecule has 0 spiro atoms. The molecule has 0 saturated carbocycles. The van der Waals surface area contributed by atoms with Gasteiger partial charge in [0.2, 0.25) is 5.91 Å². The van der Waals surface area contributed by atoms with E-state index < -0.39 is 5.97 Å². The molecule has 0 aromatic carbocycles. The zero-order chi connectivity index (χ0) is 18.0. The minimum Gasteiger partial charge on any atom is -0.481 e. The van der Waals surface area contributed by atoms with E-state index in [9.17, 15) is 14.4 Å². The van der Waals surface area contributed by atoms with Gasteiger partial charge in [-0.25, -0.2) is 4.98 Å². The molecule has 0 radical (unpaired) electrons. The van der Waals surface area contributed by atoms with Gasteiger partial charge in [0, 0.05) is 31.4 Å². The van der Waals surface area contributed by atoms with Crippen LogP contribution in [-0.4, -0.2) is 45.0 Å². The molecule has 1 N–H and O–H groups in total. The molecule has 1 amide bonds. The first-order valence-electron chi connectivity index (χ1n) is 8.43. The van der Waals surface area contributed by atoms with Gasteiger partial charge in [0.05, 0.1) is 18.1 Å². The van der Waals surface area contributed by atoms with Crippen LogP contribution in [0.25, 0.3) is 10.2 Å². The maximum Gasteiger partial charge on any atom is 0.305 e. The third-order valence-electron chi connectivity index (χ3n) is 4.60. The van der Waals surface area contributed by atoms with E-state index in [0.29, 0.717) is 5.39 Å². The Hall–Kier alpha value is -2.22. The van der Waals surface area contributed by atoms with Crippen molar-refractivity contribution in [1.82, 2.24) is 14.5 Å². The Morgan fingerprint density at radius 3 is 2.84 bits per heavy atom. The molecule has 3 rings (SSSR count). The van der Waals surface area contributed by atoms with Crippen molar-refractivity contribution in [1.29, 1.82) is 0 Å². The monoisotopic (exact) mass is 363 g/mol. The minimum atomic E-state index is -0.937. The zero-order valence-electron chi connectivity index (χ0n) is 14.2. The molecule has 1 aliphatic carbocycles. The van der Waals surface area contributed by atoms with Crippen LogP contribution in [0.3, 0.4) is 0 Å². The van der Waals surface area contributed by atoms with Gasteiger partial charge in [0.1, 0.15) is 4.83 Å². The van der Waals surface area contributed by atoms with Crippen LogP contribution in [0.5, 0.6) is 0 Å². The number of fused-ring (bicyclic) bond motifs is 3. The van der Waals surface area contributed by atoms with Crippen LogP contribution >= 0.6 is 11.3 Å². The standard InChI is InChI=1S/C17H21N3O4S/c1-19(8-7-14(22)23)13(21)6-9-20-10-18-16-15(17(20)24)11-4-2-3-5-12(11)25-16/h10H,2-9H2,1H3,(H,22,23). The van der Waals surface area contributed by atoms with Crippen LogP contribution in [0, 0.1) is 0 Å². The molecule has 0 saturated heterocycles. The highest BCUT2D eigenvalue weighted by Gasteiger charge is 2.20. The fourth-order valence-electron chi connectivity index (χ4n) is 3.14. The number of aromatic nitrogens is 2. The summed E-state index contributed by atoms with van der Waals surface area (Å²) in [4.78, 5) is 43.3. The van der Waals surface area contributed by atoms with Crippen molar-refractivity contribution in [2.45, 2.75) is 45.1 Å². The van der Waals surface area contributed by atoms with E-state index in [0.717, 1.165) is 36.1 Å². The van der Waals surface area contributed by atoms with Gasteiger partial charge in [-0.3, -0.25) is 19.0 Å². The molecule has 8 heteroatoms. The Bertz CT molecular complexity index is 871. The van der Waals surface area contributed by atoms with Gasteiger partial charge in [-0.05, 0) is 31.2 Å². The summed E-state index contributed by atoms with van der Waals surface area (Å²) < 4.78 is 1.49. The van der Waals surface area contributed by atoms with E-state index in [1.54, 1.807) is 18.4 Å². The molecule has 0 aliphatic heterocycles. The molecule has 134 valence electrons. The molecule has 0 fully saturated rings. The third-order valence-corrected chi connectivity index (χ3v) is 5.80. The van der Waals surface area contributed by atoms with Gasteiger partial charge in [-0.2, -0.15) is 0 Å². The topological polar surface area (TPSA) is 92.5 Å². The number of aliphatic carboxylic acids is 1. The summed E-state index contributed by atoms with van der Waals surface area (Å²) in [5.41, 5.74) is 1.06. The number of carbonyl (C=O) groups excluding carboxylic acids is 1. The van der Waals surface area contributed by atoms with Crippen molar-refractivity contribution >= 4 is 33.4 Å². The van der Waals surface area contributed by atoms with E-state index in [-0.39, 0.29) is 37.4 Å². The molecule has 0 unspecified atom stereocenters. The molecule has 1 aliphatic rings. The predicted molar refractivity (Wildman–Crippen MR) is 95.0 cm³/mol. The highest BCUT2D eigenvalue weighted by molar-refractivity contribution is 7.18. The van der Waals surface area contributed by atoms with Crippen molar-refractivity contribution in [2.75, 3.05) is 13.6 Å². The zero-order valence-corrected chi connectivity index (χ0v) is 15.0. The predicted octanol–water partition coefficient (Wildman–Crippen LogP) is 1.66. The van der Waals surface area contributed by atoms with Gasteiger partial charge in [0.25, 0.3) is 5.56 Å². The smallest absolute Gasteiger partial charge is 0.305 e. The molecular weight excluding hydrogens is 342 g/mol. The Labute approximate surface area is 148 Å². The van der Waals surface area contributed by atoms with Gasteiger partial charge >= 0.3 is 5.97 Å². The molecule has 7 nitrogen and oxygen atoms in total. The Morgan fingerprint density at radius 2 is 2.08 bits per heavy atom. The number of amides is 1. The van der Waals surface area contributed by atoms with Crippen LogP contribution in [0.15, 0.2) is 11.1 Å². The quantitative estimate of drug-likeness (QED) is 0.843. The molecule has 0 atom stereocenters.